The molecule has 1 saturated heterocycles. The zero-order valence-electron chi connectivity index (χ0n) is 18.9. The average Bonchev–Trinajstić information content (AvgIpc) is 3.57. The summed E-state index contributed by atoms with van der Waals surface area (Å²) in [7, 11) is 0. The average molecular weight is 452 g/mol. The first-order chi connectivity index (χ1) is 16.7. The molecule has 0 saturated carbocycles. The molecule has 0 radical (unpaired) electrons. The smallest absolute Gasteiger partial charge is 0.265 e. The maximum atomic E-state index is 14.1. The molecule has 8 heteroatoms. The van der Waals surface area contributed by atoms with Crippen LogP contribution < -0.4 is 15.8 Å². The SMILES string of the molecule is C[C@H](Nc1ncnc2[nH]cnc12)c1cc2cccc(N3CCCC3)c2c(=O)n1-c1ccccc1. The Balaban J connectivity index is 1.54. The van der Waals surface area contributed by atoms with E-state index in [1.807, 2.05) is 54.0 Å². The number of hydrogen-bond acceptors (Lipinski definition) is 6. The number of aromatic amines is 1. The first kappa shape index (κ1) is 20.4. The van der Waals surface area contributed by atoms with E-state index in [0.29, 0.717) is 17.0 Å². The summed E-state index contributed by atoms with van der Waals surface area (Å²) in [4.78, 5) is 32.4. The number of anilines is 2. The Morgan fingerprint density at radius 2 is 1.82 bits per heavy atom. The lowest BCUT2D eigenvalue weighted by Crippen LogP contribution is -2.28. The lowest BCUT2D eigenvalue weighted by Gasteiger charge is -2.24. The number of benzene rings is 2. The van der Waals surface area contributed by atoms with E-state index in [0.717, 1.165) is 53.8 Å². The van der Waals surface area contributed by atoms with Gasteiger partial charge in [-0.1, -0.05) is 30.3 Å². The summed E-state index contributed by atoms with van der Waals surface area (Å²) in [6.45, 7) is 4.00. The minimum Gasteiger partial charge on any atom is -0.371 e. The van der Waals surface area contributed by atoms with Crippen molar-refractivity contribution in [2.45, 2.75) is 25.8 Å². The van der Waals surface area contributed by atoms with E-state index >= 15 is 0 Å². The summed E-state index contributed by atoms with van der Waals surface area (Å²) in [5, 5.41) is 5.16. The summed E-state index contributed by atoms with van der Waals surface area (Å²) in [5.41, 5.74) is 4.03. The molecule has 8 nitrogen and oxygen atoms in total. The van der Waals surface area contributed by atoms with Crippen molar-refractivity contribution in [2.24, 2.45) is 0 Å². The van der Waals surface area contributed by atoms with E-state index < -0.39 is 0 Å². The normalized spacial score (nSPS) is 14.7. The lowest BCUT2D eigenvalue weighted by atomic mass is 10.1. The largest absolute Gasteiger partial charge is 0.371 e. The lowest BCUT2D eigenvalue weighted by molar-refractivity contribution is 0.773. The molecule has 3 aromatic heterocycles. The summed E-state index contributed by atoms with van der Waals surface area (Å²) in [6.07, 6.45) is 5.42. The van der Waals surface area contributed by atoms with Crippen LogP contribution in [0.2, 0.25) is 0 Å². The molecule has 2 N–H and O–H groups in total. The van der Waals surface area contributed by atoms with Gasteiger partial charge in [0, 0.05) is 24.5 Å². The van der Waals surface area contributed by atoms with Gasteiger partial charge in [0.25, 0.3) is 5.56 Å². The second-order valence-corrected chi connectivity index (χ2v) is 8.67. The van der Waals surface area contributed by atoms with Gasteiger partial charge in [-0.15, -0.1) is 0 Å². The fraction of sp³-hybridized carbons (Fsp3) is 0.231. The highest BCUT2D eigenvalue weighted by Crippen LogP contribution is 2.31. The molecule has 1 fully saturated rings. The van der Waals surface area contributed by atoms with Gasteiger partial charge in [-0.2, -0.15) is 0 Å². The zero-order chi connectivity index (χ0) is 23.1. The third kappa shape index (κ3) is 3.39. The van der Waals surface area contributed by atoms with Crippen molar-refractivity contribution in [1.82, 2.24) is 24.5 Å². The van der Waals surface area contributed by atoms with Crippen LogP contribution in [0.25, 0.3) is 27.6 Å². The zero-order valence-corrected chi connectivity index (χ0v) is 18.9. The molecular weight excluding hydrogens is 426 g/mol. The van der Waals surface area contributed by atoms with E-state index in [1.165, 1.54) is 6.33 Å². The Hall–Kier alpha value is -4.20. The van der Waals surface area contributed by atoms with Gasteiger partial charge in [-0.25, -0.2) is 15.0 Å². The summed E-state index contributed by atoms with van der Waals surface area (Å²) in [6, 6.07) is 17.8. The van der Waals surface area contributed by atoms with Gasteiger partial charge in [0.05, 0.1) is 23.4 Å². The van der Waals surface area contributed by atoms with Crippen LogP contribution in [0.1, 0.15) is 31.5 Å². The number of pyridine rings is 1. The predicted octanol–water partition coefficient (Wildman–Crippen LogP) is 4.43. The van der Waals surface area contributed by atoms with E-state index in [-0.39, 0.29) is 11.6 Å². The Kier molecular flexibility index (Phi) is 4.98. The van der Waals surface area contributed by atoms with Crippen LogP contribution in [0.5, 0.6) is 0 Å². The van der Waals surface area contributed by atoms with Crippen molar-refractivity contribution < 1.29 is 0 Å². The van der Waals surface area contributed by atoms with E-state index in [4.69, 9.17) is 0 Å². The van der Waals surface area contributed by atoms with E-state index in [9.17, 15) is 4.79 Å². The number of rotatable bonds is 5. The van der Waals surface area contributed by atoms with Crippen molar-refractivity contribution in [2.75, 3.05) is 23.3 Å². The number of para-hydroxylation sites is 1. The van der Waals surface area contributed by atoms with Crippen LogP contribution in [-0.2, 0) is 0 Å². The van der Waals surface area contributed by atoms with Crippen LogP contribution in [0.15, 0.2) is 72.0 Å². The predicted molar refractivity (Wildman–Crippen MR) is 135 cm³/mol. The van der Waals surface area contributed by atoms with Gasteiger partial charge in [0.15, 0.2) is 11.5 Å². The Bertz CT molecular complexity index is 1530. The van der Waals surface area contributed by atoms with Gasteiger partial charge < -0.3 is 15.2 Å². The number of hydrogen-bond donors (Lipinski definition) is 2. The molecule has 170 valence electrons. The first-order valence-electron chi connectivity index (χ1n) is 11.6. The molecule has 5 aromatic rings. The maximum Gasteiger partial charge on any atom is 0.265 e. The number of imidazole rings is 1. The molecule has 1 aliphatic rings. The Morgan fingerprint density at radius 1 is 1.00 bits per heavy atom. The molecule has 2 aromatic carbocycles. The molecule has 0 bridgehead atoms. The van der Waals surface area contributed by atoms with E-state index in [1.54, 1.807) is 6.33 Å². The molecule has 1 aliphatic heterocycles. The highest BCUT2D eigenvalue weighted by molar-refractivity contribution is 5.94. The van der Waals surface area contributed by atoms with Gasteiger partial charge in [0.2, 0.25) is 0 Å². The third-order valence-corrected chi connectivity index (χ3v) is 6.53. The van der Waals surface area contributed by atoms with Crippen LogP contribution in [0, 0.1) is 0 Å². The Morgan fingerprint density at radius 3 is 2.65 bits per heavy atom. The van der Waals surface area contributed by atoms with Crippen LogP contribution in [-0.4, -0.2) is 37.6 Å². The number of fused-ring (bicyclic) bond motifs is 2. The highest BCUT2D eigenvalue weighted by atomic mass is 16.1. The minimum absolute atomic E-state index is 0.0116. The van der Waals surface area contributed by atoms with Crippen LogP contribution in [0.4, 0.5) is 11.5 Å². The maximum absolute atomic E-state index is 14.1. The Labute approximate surface area is 196 Å². The summed E-state index contributed by atoms with van der Waals surface area (Å²) >= 11 is 0. The molecule has 4 heterocycles. The van der Waals surface area contributed by atoms with Crippen molar-refractivity contribution in [1.29, 1.82) is 0 Å². The quantitative estimate of drug-likeness (QED) is 0.411. The van der Waals surface area contributed by atoms with Crippen LogP contribution in [0.3, 0.4) is 0 Å². The number of aromatic nitrogens is 5. The van der Waals surface area contributed by atoms with Gasteiger partial charge in [-0.3, -0.25) is 9.36 Å². The fourth-order valence-electron chi connectivity index (χ4n) is 4.90. The second-order valence-electron chi connectivity index (χ2n) is 8.67. The molecule has 0 amide bonds. The molecule has 0 unspecified atom stereocenters. The minimum atomic E-state index is -0.220. The second kappa shape index (κ2) is 8.30. The number of H-pyrrole nitrogens is 1. The molecule has 0 spiro atoms. The molecule has 34 heavy (non-hydrogen) atoms. The van der Waals surface area contributed by atoms with Gasteiger partial charge in [0.1, 0.15) is 11.8 Å². The van der Waals surface area contributed by atoms with E-state index in [2.05, 4.69) is 42.3 Å². The topological polar surface area (TPSA) is 91.7 Å². The number of nitrogens with one attached hydrogen (secondary N) is 2. The standard InChI is InChI=1S/C26H25N7O/c1-17(31-25-23-24(28-15-27-23)29-16-30-25)21-14-18-8-7-11-20(32-12-5-6-13-32)22(18)26(34)33(21)19-9-3-2-4-10-19/h2-4,7-11,14-17H,5-6,12-13H2,1H3,(H2,27,28,29,30,31)/t17-/m0/s1. The fourth-order valence-corrected chi connectivity index (χ4v) is 4.90. The molecular formula is C26H25N7O. The van der Waals surface area contributed by atoms with Gasteiger partial charge >= 0.3 is 0 Å². The summed E-state index contributed by atoms with van der Waals surface area (Å²) < 4.78 is 1.82. The molecule has 0 aliphatic carbocycles. The van der Waals surface area contributed by atoms with Crippen molar-refractivity contribution in [3.05, 3.63) is 83.3 Å². The third-order valence-electron chi connectivity index (χ3n) is 6.53. The molecule has 6 rings (SSSR count). The van der Waals surface area contributed by atoms with Crippen molar-refractivity contribution in [3.63, 3.8) is 0 Å². The van der Waals surface area contributed by atoms with Crippen molar-refractivity contribution >= 4 is 33.4 Å². The summed E-state index contributed by atoms with van der Waals surface area (Å²) in [5.74, 6) is 0.622. The highest BCUT2D eigenvalue weighted by Gasteiger charge is 2.22. The monoisotopic (exact) mass is 451 g/mol. The molecule has 1 atom stereocenters. The number of nitrogens with zero attached hydrogens (tertiary/aromatic N) is 5. The van der Waals surface area contributed by atoms with Crippen LogP contribution >= 0.6 is 0 Å². The van der Waals surface area contributed by atoms with Crippen molar-refractivity contribution in [3.8, 4) is 5.69 Å². The first-order valence-corrected chi connectivity index (χ1v) is 11.6. The van der Waals surface area contributed by atoms with Gasteiger partial charge in [-0.05, 0) is 49.4 Å².